The van der Waals surface area contributed by atoms with Gasteiger partial charge in [-0.15, -0.1) is 0 Å². The summed E-state index contributed by atoms with van der Waals surface area (Å²) in [4.78, 5) is 24.7. The maximum Gasteiger partial charge on any atom is 0.326 e. The number of hydrogen-bond acceptors (Lipinski definition) is 2. The van der Waals surface area contributed by atoms with E-state index in [1.54, 1.807) is 18.2 Å². The van der Waals surface area contributed by atoms with E-state index in [0.717, 1.165) is 12.0 Å². The molecule has 1 atom stereocenters. The van der Waals surface area contributed by atoms with Crippen molar-refractivity contribution in [3.8, 4) is 0 Å². The van der Waals surface area contributed by atoms with Gasteiger partial charge in [0.05, 0.1) is 0 Å². The molecule has 1 aromatic rings. The number of aliphatic carboxylic acids is 1. The molecule has 1 aromatic carbocycles. The van der Waals surface area contributed by atoms with Gasteiger partial charge in [0, 0.05) is 17.1 Å². The number of likely N-dealkylation sites (tertiary alicyclic amines) is 1. The van der Waals surface area contributed by atoms with Crippen LogP contribution in [0.25, 0.3) is 0 Å². The van der Waals surface area contributed by atoms with Crippen LogP contribution in [-0.2, 0) is 4.79 Å². The zero-order chi connectivity index (χ0) is 13.3. The largest absolute Gasteiger partial charge is 0.480 e. The quantitative estimate of drug-likeness (QED) is 0.895. The molecule has 1 aliphatic rings. The van der Waals surface area contributed by atoms with Gasteiger partial charge in [-0.2, -0.15) is 0 Å². The number of carbonyl (C=O) groups is 2. The van der Waals surface area contributed by atoms with E-state index in [1.807, 2.05) is 6.92 Å². The molecule has 2 rings (SSSR count). The van der Waals surface area contributed by atoms with Crippen molar-refractivity contribution in [3.63, 3.8) is 0 Å². The fourth-order valence-corrected chi connectivity index (χ4v) is 2.34. The molecule has 0 spiro atoms. The van der Waals surface area contributed by atoms with Gasteiger partial charge in [-0.3, -0.25) is 4.79 Å². The van der Waals surface area contributed by atoms with Gasteiger partial charge in [-0.1, -0.05) is 17.7 Å². The molecule has 1 aliphatic heterocycles. The summed E-state index contributed by atoms with van der Waals surface area (Å²) in [5, 5.41) is 9.58. The summed E-state index contributed by atoms with van der Waals surface area (Å²) in [5.74, 6) is -1.21. The van der Waals surface area contributed by atoms with E-state index in [2.05, 4.69) is 0 Å². The summed E-state index contributed by atoms with van der Waals surface area (Å²) in [6, 6.07) is 4.33. The summed E-state index contributed by atoms with van der Waals surface area (Å²) < 4.78 is 0. The van der Waals surface area contributed by atoms with Crippen molar-refractivity contribution in [1.29, 1.82) is 0 Å². The van der Waals surface area contributed by atoms with Crippen LogP contribution in [0.15, 0.2) is 18.2 Å². The summed E-state index contributed by atoms with van der Waals surface area (Å²) in [5.41, 5.74) is 1.34. The molecule has 1 saturated heterocycles. The highest BCUT2D eigenvalue weighted by Crippen LogP contribution is 2.23. The first kappa shape index (κ1) is 12.9. The fraction of sp³-hybridized carbons (Fsp3) is 0.385. The minimum atomic E-state index is -0.945. The highest BCUT2D eigenvalue weighted by atomic mass is 35.5. The lowest BCUT2D eigenvalue weighted by Crippen LogP contribution is -2.40. The smallest absolute Gasteiger partial charge is 0.326 e. The lowest BCUT2D eigenvalue weighted by atomic mass is 10.1. The van der Waals surface area contributed by atoms with Gasteiger partial charge in [0.15, 0.2) is 0 Å². The SMILES string of the molecule is Cc1ccc(C(=O)N2CCCC2C(=O)O)cc1Cl. The molecule has 4 nitrogen and oxygen atoms in total. The van der Waals surface area contributed by atoms with Crippen LogP contribution in [0, 0.1) is 6.92 Å². The van der Waals surface area contributed by atoms with E-state index in [9.17, 15) is 9.59 Å². The highest BCUT2D eigenvalue weighted by molar-refractivity contribution is 6.31. The van der Waals surface area contributed by atoms with Crippen molar-refractivity contribution in [1.82, 2.24) is 4.90 Å². The summed E-state index contributed by atoms with van der Waals surface area (Å²) in [7, 11) is 0. The summed E-state index contributed by atoms with van der Waals surface area (Å²) in [6.45, 7) is 2.34. The number of aryl methyl sites for hydroxylation is 1. The van der Waals surface area contributed by atoms with Gasteiger partial charge in [0.2, 0.25) is 0 Å². The molecule has 1 heterocycles. The lowest BCUT2D eigenvalue weighted by Gasteiger charge is -2.21. The van der Waals surface area contributed by atoms with E-state index in [0.29, 0.717) is 23.6 Å². The molecule has 0 aromatic heterocycles. The van der Waals surface area contributed by atoms with Crippen LogP contribution in [0.3, 0.4) is 0 Å². The topological polar surface area (TPSA) is 57.6 Å². The fourth-order valence-electron chi connectivity index (χ4n) is 2.16. The number of rotatable bonds is 2. The molecule has 18 heavy (non-hydrogen) atoms. The molecule has 0 aliphatic carbocycles. The summed E-state index contributed by atoms with van der Waals surface area (Å²) in [6.07, 6.45) is 1.24. The maximum absolute atomic E-state index is 12.2. The van der Waals surface area contributed by atoms with Gasteiger partial charge >= 0.3 is 5.97 Å². The van der Waals surface area contributed by atoms with Crippen molar-refractivity contribution in [2.24, 2.45) is 0 Å². The number of benzene rings is 1. The van der Waals surface area contributed by atoms with Gasteiger partial charge in [-0.05, 0) is 37.5 Å². The highest BCUT2D eigenvalue weighted by Gasteiger charge is 2.34. The van der Waals surface area contributed by atoms with Crippen molar-refractivity contribution < 1.29 is 14.7 Å². The van der Waals surface area contributed by atoms with Gasteiger partial charge in [0.1, 0.15) is 6.04 Å². The predicted octanol–water partition coefficient (Wildman–Crippen LogP) is 2.34. The van der Waals surface area contributed by atoms with E-state index >= 15 is 0 Å². The van der Waals surface area contributed by atoms with E-state index < -0.39 is 12.0 Å². The number of carboxylic acid groups (broad SMARTS) is 1. The Labute approximate surface area is 110 Å². The number of nitrogens with zero attached hydrogens (tertiary/aromatic N) is 1. The molecule has 5 heteroatoms. The molecule has 1 unspecified atom stereocenters. The lowest BCUT2D eigenvalue weighted by molar-refractivity contribution is -0.141. The van der Waals surface area contributed by atoms with E-state index in [-0.39, 0.29) is 5.91 Å². The number of amides is 1. The molecule has 1 amide bonds. The van der Waals surface area contributed by atoms with Gasteiger partial charge in [-0.25, -0.2) is 4.79 Å². The molecule has 0 radical (unpaired) electrons. The monoisotopic (exact) mass is 267 g/mol. The second-order valence-electron chi connectivity index (χ2n) is 4.46. The molecule has 1 N–H and O–H groups in total. The molecular formula is C13H14ClNO3. The van der Waals surface area contributed by atoms with Crippen molar-refractivity contribution in [2.45, 2.75) is 25.8 Å². The van der Waals surface area contributed by atoms with Crippen LogP contribution >= 0.6 is 11.6 Å². The second-order valence-corrected chi connectivity index (χ2v) is 4.87. The van der Waals surface area contributed by atoms with E-state index in [1.165, 1.54) is 4.90 Å². The number of carbonyl (C=O) groups excluding carboxylic acids is 1. The Morgan fingerprint density at radius 2 is 2.17 bits per heavy atom. The van der Waals surface area contributed by atoms with Crippen LogP contribution in [0.2, 0.25) is 5.02 Å². The minimum Gasteiger partial charge on any atom is -0.480 e. The summed E-state index contributed by atoms with van der Waals surface area (Å²) >= 11 is 5.98. The molecule has 1 fully saturated rings. The maximum atomic E-state index is 12.2. The molecule has 96 valence electrons. The molecule has 0 bridgehead atoms. The van der Waals surface area contributed by atoms with Crippen LogP contribution in [0.4, 0.5) is 0 Å². The molecular weight excluding hydrogens is 254 g/mol. The van der Waals surface area contributed by atoms with Crippen molar-refractivity contribution >= 4 is 23.5 Å². The Bertz CT molecular complexity index is 501. The number of hydrogen-bond donors (Lipinski definition) is 1. The molecule has 0 saturated carbocycles. The van der Waals surface area contributed by atoms with Crippen LogP contribution in [0.5, 0.6) is 0 Å². The third-order valence-corrected chi connectivity index (χ3v) is 3.62. The minimum absolute atomic E-state index is 0.262. The Balaban J connectivity index is 2.25. The average molecular weight is 268 g/mol. The van der Waals surface area contributed by atoms with E-state index in [4.69, 9.17) is 16.7 Å². The normalized spacial score (nSPS) is 19.0. The Morgan fingerprint density at radius 3 is 2.78 bits per heavy atom. The standard InChI is InChI=1S/C13H14ClNO3/c1-8-4-5-9(7-10(8)14)12(16)15-6-2-3-11(15)13(17)18/h4-5,7,11H,2-3,6H2,1H3,(H,17,18). The average Bonchev–Trinajstić information content (AvgIpc) is 2.81. The van der Waals surface area contributed by atoms with Crippen LogP contribution < -0.4 is 0 Å². The predicted molar refractivity (Wildman–Crippen MR) is 67.9 cm³/mol. The zero-order valence-electron chi connectivity index (χ0n) is 10.0. The second kappa shape index (κ2) is 4.98. The zero-order valence-corrected chi connectivity index (χ0v) is 10.8. The Morgan fingerprint density at radius 1 is 1.44 bits per heavy atom. The number of carboxylic acids is 1. The first-order chi connectivity index (χ1) is 8.50. The third-order valence-electron chi connectivity index (χ3n) is 3.22. The van der Waals surface area contributed by atoms with Crippen molar-refractivity contribution in [3.05, 3.63) is 34.3 Å². The first-order valence-electron chi connectivity index (χ1n) is 5.80. The Kier molecular flexibility index (Phi) is 3.57. The number of halogens is 1. The van der Waals surface area contributed by atoms with Gasteiger partial charge in [0.25, 0.3) is 5.91 Å². The Hall–Kier alpha value is -1.55. The van der Waals surface area contributed by atoms with Crippen LogP contribution in [0.1, 0.15) is 28.8 Å². The van der Waals surface area contributed by atoms with Gasteiger partial charge < -0.3 is 10.0 Å². The van der Waals surface area contributed by atoms with Crippen LogP contribution in [-0.4, -0.2) is 34.5 Å². The van der Waals surface area contributed by atoms with Crippen molar-refractivity contribution in [2.75, 3.05) is 6.54 Å². The first-order valence-corrected chi connectivity index (χ1v) is 6.18. The third kappa shape index (κ3) is 2.34.